The molecular formula is C19H27BN2O5. The number of carbonyl (C=O) groups excluding carboxylic acids is 2. The molecule has 27 heavy (non-hydrogen) atoms. The molecule has 0 unspecified atom stereocenters. The van der Waals surface area contributed by atoms with Gasteiger partial charge in [-0.1, -0.05) is 0 Å². The number of amides is 1. The first-order valence-electron chi connectivity index (χ1n) is 9.15. The van der Waals surface area contributed by atoms with Crippen LogP contribution >= 0.6 is 0 Å². The highest BCUT2D eigenvalue weighted by Gasteiger charge is 2.52. The molecule has 1 aromatic heterocycles. The molecule has 0 radical (unpaired) electrons. The van der Waals surface area contributed by atoms with E-state index in [2.05, 4.69) is 4.98 Å². The summed E-state index contributed by atoms with van der Waals surface area (Å²) in [6.45, 7) is 13.5. The zero-order chi connectivity index (χ0) is 20.2. The molecule has 1 fully saturated rings. The lowest BCUT2D eigenvalue weighted by molar-refractivity contribution is -0.155. The first kappa shape index (κ1) is 19.8. The van der Waals surface area contributed by atoms with E-state index in [0.717, 1.165) is 0 Å². The van der Waals surface area contributed by atoms with Crippen LogP contribution in [0.25, 0.3) is 0 Å². The minimum atomic E-state index is -0.588. The van der Waals surface area contributed by atoms with Crippen LogP contribution in [-0.2, 0) is 25.4 Å². The Bertz CT molecular complexity index is 769. The summed E-state index contributed by atoms with van der Waals surface area (Å²) >= 11 is 0. The topological polar surface area (TPSA) is 78.0 Å². The number of pyridine rings is 1. The van der Waals surface area contributed by atoms with E-state index >= 15 is 0 Å². The first-order valence-corrected chi connectivity index (χ1v) is 9.15. The van der Waals surface area contributed by atoms with Gasteiger partial charge in [-0.15, -0.1) is 0 Å². The summed E-state index contributed by atoms with van der Waals surface area (Å²) in [5.41, 5.74) is 0.288. The molecule has 3 heterocycles. The number of carbonyl (C=O) groups is 2. The zero-order valence-corrected chi connectivity index (χ0v) is 17.1. The van der Waals surface area contributed by atoms with E-state index in [1.54, 1.807) is 33.0 Å². The molecule has 8 heteroatoms. The van der Waals surface area contributed by atoms with E-state index in [4.69, 9.17) is 14.0 Å². The van der Waals surface area contributed by atoms with Crippen LogP contribution in [0.4, 0.5) is 0 Å². The van der Waals surface area contributed by atoms with Gasteiger partial charge in [0, 0.05) is 11.7 Å². The van der Waals surface area contributed by atoms with Crippen molar-refractivity contribution in [2.45, 2.75) is 71.8 Å². The Morgan fingerprint density at radius 2 is 1.85 bits per heavy atom. The van der Waals surface area contributed by atoms with E-state index in [0.29, 0.717) is 16.7 Å². The third kappa shape index (κ3) is 3.87. The van der Waals surface area contributed by atoms with Crippen LogP contribution in [0, 0.1) is 0 Å². The molecule has 2 aliphatic rings. The van der Waals surface area contributed by atoms with Gasteiger partial charge in [-0.05, 0) is 54.5 Å². The lowest BCUT2D eigenvalue weighted by Crippen LogP contribution is -2.41. The molecule has 1 saturated heterocycles. The smallest absolute Gasteiger partial charge is 0.459 e. The Kier molecular flexibility index (Phi) is 4.63. The van der Waals surface area contributed by atoms with Gasteiger partial charge in [-0.25, -0.2) is 0 Å². The predicted molar refractivity (Wildman–Crippen MR) is 101 cm³/mol. The van der Waals surface area contributed by atoms with Crippen molar-refractivity contribution < 1.29 is 23.6 Å². The fraction of sp³-hybridized carbons (Fsp3) is 0.632. The van der Waals surface area contributed by atoms with Gasteiger partial charge in [0.05, 0.1) is 29.0 Å². The van der Waals surface area contributed by atoms with Gasteiger partial charge in [0.2, 0.25) is 0 Å². The van der Waals surface area contributed by atoms with Crippen LogP contribution in [0.2, 0.25) is 0 Å². The monoisotopic (exact) mass is 374 g/mol. The van der Waals surface area contributed by atoms with Gasteiger partial charge in [0.1, 0.15) is 12.1 Å². The second-order valence-corrected chi connectivity index (χ2v) is 9.10. The number of nitrogens with zero attached hydrogens (tertiary/aromatic N) is 2. The minimum absolute atomic E-state index is 0.0989. The maximum absolute atomic E-state index is 12.7. The molecule has 0 spiro atoms. The molecule has 0 saturated carbocycles. The Labute approximate surface area is 160 Å². The van der Waals surface area contributed by atoms with E-state index in [1.165, 1.54) is 4.90 Å². The van der Waals surface area contributed by atoms with Crippen LogP contribution in [0.3, 0.4) is 0 Å². The second kappa shape index (κ2) is 6.31. The summed E-state index contributed by atoms with van der Waals surface area (Å²) in [5, 5.41) is 0. The molecule has 3 rings (SSSR count). The summed E-state index contributed by atoms with van der Waals surface area (Å²) in [7, 11) is -0.583. The van der Waals surface area contributed by atoms with Crippen molar-refractivity contribution in [1.29, 1.82) is 0 Å². The van der Waals surface area contributed by atoms with Crippen LogP contribution in [-0.4, -0.2) is 52.2 Å². The first-order chi connectivity index (χ1) is 12.3. The number of esters is 1. The van der Waals surface area contributed by atoms with Crippen LogP contribution in [0.5, 0.6) is 0 Å². The van der Waals surface area contributed by atoms with Gasteiger partial charge in [-0.2, -0.15) is 0 Å². The number of hydrogen-bond donors (Lipinski definition) is 0. The fourth-order valence-corrected chi connectivity index (χ4v) is 3.01. The standard InChI is InChI=1S/C19H27BN2O5/c1-17(2,3)25-15(23)11-22-10-14-13(16(22)24)8-12(9-21-14)20-26-18(4,5)19(6,7)27-20/h8-9H,10-11H2,1-7H3. The molecule has 146 valence electrons. The molecule has 1 aromatic rings. The SMILES string of the molecule is CC(C)(C)OC(=O)CN1Cc2ncc(B3OC(C)(C)C(C)(C)O3)cc2C1=O. The lowest BCUT2D eigenvalue weighted by Gasteiger charge is -2.32. The van der Waals surface area contributed by atoms with E-state index in [1.807, 2.05) is 27.7 Å². The van der Waals surface area contributed by atoms with E-state index in [-0.39, 0.29) is 19.0 Å². The minimum Gasteiger partial charge on any atom is -0.459 e. The summed E-state index contributed by atoms with van der Waals surface area (Å²) in [6, 6.07) is 1.75. The average molecular weight is 374 g/mol. The summed E-state index contributed by atoms with van der Waals surface area (Å²) < 4.78 is 17.4. The third-order valence-electron chi connectivity index (χ3n) is 5.12. The van der Waals surface area contributed by atoms with Crippen molar-refractivity contribution in [2.24, 2.45) is 0 Å². The van der Waals surface area contributed by atoms with Crippen molar-refractivity contribution in [3.05, 3.63) is 23.5 Å². The summed E-state index contributed by atoms with van der Waals surface area (Å²) in [6.07, 6.45) is 1.67. The summed E-state index contributed by atoms with van der Waals surface area (Å²) in [4.78, 5) is 30.6. The van der Waals surface area contributed by atoms with Crippen LogP contribution in [0.15, 0.2) is 12.3 Å². The van der Waals surface area contributed by atoms with Gasteiger partial charge in [0.25, 0.3) is 5.91 Å². The predicted octanol–water partition coefficient (Wildman–Crippen LogP) is 1.68. The van der Waals surface area contributed by atoms with Crippen molar-refractivity contribution in [2.75, 3.05) is 6.54 Å². The molecule has 7 nitrogen and oxygen atoms in total. The fourth-order valence-electron chi connectivity index (χ4n) is 3.01. The average Bonchev–Trinajstić information content (AvgIpc) is 2.91. The van der Waals surface area contributed by atoms with Gasteiger partial charge < -0.3 is 18.9 Å². The molecule has 2 aliphatic heterocycles. The zero-order valence-electron chi connectivity index (χ0n) is 17.1. The van der Waals surface area contributed by atoms with E-state index < -0.39 is 29.9 Å². The normalized spacial score (nSPS) is 20.8. The molecule has 0 aromatic carbocycles. The van der Waals surface area contributed by atoms with Crippen molar-refractivity contribution in [1.82, 2.24) is 9.88 Å². The second-order valence-electron chi connectivity index (χ2n) is 9.10. The molecule has 0 atom stereocenters. The highest BCUT2D eigenvalue weighted by molar-refractivity contribution is 6.62. The van der Waals surface area contributed by atoms with E-state index in [9.17, 15) is 9.59 Å². The molecule has 0 bridgehead atoms. The Hall–Kier alpha value is -1.93. The number of hydrogen-bond acceptors (Lipinski definition) is 6. The van der Waals surface area contributed by atoms with Crippen molar-refractivity contribution >= 4 is 24.5 Å². The number of aromatic nitrogens is 1. The Balaban J connectivity index is 1.75. The highest BCUT2D eigenvalue weighted by atomic mass is 16.7. The molecule has 1 amide bonds. The number of fused-ring (bicyclic) bond motifs is 1. The number of ether oxygens (including phenoxy) is 1. The maximum atomic E-state index is 12.7. The largest absolute Gasteiger partial charge is 0.496 e. The van der Waals surface area contributed by atoms with Crippen LogP contribution < -0.4 is 5.46 Å². The Morgan fingerprint density at radius 3 is 2.41 bits per heavy atom. The quantitative estimate of drug-likeness (QED) is 0.592. The van der Waals surface area contributed by atoms with Crippen molar-refractivity contribution in [3.8, 4) is 0 Å². The van der Waals surface area contributed by atoms with Crippen molar-refractivity contribution in [3.63, 3.8) is 0 Å². The summed E-state index contributed by atoms with van der Waals surface area (Å²) in [5.74, 6) is -0.670. The molecule has 0 aliphatic carbocycles. The molecular weight excluding hydrogens is 347 g/mol. The maximum Gasteiger partial charge on any atom is 0.496 e. The van der Waals surface area contributed by atoms with Gasteiger partial charge in [0.15, 0.2) is 0 Å². The van der Waals surface area contributed by atoms with Crippen LogP contribution in [0.1, 0.15) is 64.5 Å². The Morgan fingerprint density at radius 1 is 1.26 bits per heavy atom. The van der Waals surface area contributed by atoms with Gasteiger partial charge >= 0.3 is 13.1 Å². The highest BCUT2D eigenvalue weighted by Crippen LogP contribution is 2.36. The molecule has 0 N–H and O–H groups in total. The lowest BCUT2D eigenvalue weighted by atomic mass is 9.79. The number of rotatable bonds is 3. The third-order valence-corrected chi connectivity index (χ3v) is 5.12. The van der Waals surface area contributed by atoms with Gasteiger partial charge in [-0.3, -0.25) is 14.6 Å².